The molecular formula is C8H11NO3. The van der Waals surface area contributed by atoms with Crippen LogP contribution in [0.15, 0.2) is 0 Å². The lowest BCUT2D eigenvalue weighted by molar-refractivity contribution is -0.153. The van der Waals surface area contributed by atoms with Crippen molar-refractivity contribution in [3.8, 4) is 0 Å². The summed E-state index contributed by atoms with van der Waals surface area (Å²) in [7, 11) is 0. The molecule has 12 heavy (non-hydrogen) atoms. The molecule has 0 spiro atoms. The molecule has 0 aromatic rings. The van der Waals surface area contributed by atoms with Crippen LogP contribution in [0, 0.1) is 11.3 Å². The minimum Gasteiger partial charge on any atom is -0.465 e. The minimum atomic E-state index is -0.782. The molecular weight excluding hydrogens is 158 g/mol. The fraction of sp³-hybridized carbons (Fsp3) is 0.750. The number of piperidine rings is 1. The van der Waals surface area contributed by atoms with Crippen LogP contribution >= 0.6 is 0 Å². The van der Waals surface area contributed by atoms with Crippen molar-refractivity contribution >= 4 is 11.9 Å². The Hall–Kier alpha value is -1.06. The van der Waals surface area contributed by atoms with Gasteiger partial charge in [0.1, 0.15) is 0 Å². The predicted octanol–water partition coefficient (Wildman–Crippen LogP) is -0.314. The SMILES string of the molecule is CCOC(=O)[C@]12C[C@H]1CNC2=O. The van der Waals surface area contributed by atoms with Crippen LogP contribution in [0.3, 0.4) is 0 Å². The number of carbonyl (C=O) groups is 2. The predicted molar refractivity (Wildman–Crippen MR) is 40.2 cm³/mol. The Kier molecular flexibility index (Phi) is 1.40. The Morgan fingerprint density at radius 2 is 2.58 bits per heavy atom. The third-order valence-corrected chi connectivity index (χ3v) is 2.66. The van der Waals surface area contributed by atoms with Crippen LogP contribution in [0.1, 0.15) is 13.3 Å². The first-order valence-corrected chi connectivity index (χ1v) is 4.17. The van der Waals surface area contributed by atoms with Crippen LogP contribution < -0.4 is 5.32 Å². The molecule has 0 bridgehead atoms. The summed E-state index contributed by atoms with van der Waals surface area (Å²) < 4.78 is 4.84. The normalized spacial score (nSPS) is 37.1. The maximum atomic E-state index is 11.3. The summed E-state index contributed by atoms with van der Waals surface area (Å²) in [6.45, 7) is 2.73. The molecule has 1 N–H and O–H groups in total. The van der Waals surface area contributed by atoms with E-state index in [1.807, 2.05) is 0 Å². The van der Waals surface area contributed by atoms with E-state index in [9.17, 15) is 9.59 Å². The average Bonchev–Trinajstić information content (AvgIpc) is 2.69. The Balaban J connectivity index is 2.13. The topological polar surface area (TPSA) is 55.4 Å². The van der Waals surface area contributed by atoms with Gasteiger partial charge in [-0.05, 0) is 13.3 Å². The van der Waals surface area contributed by atoms with Gasteiger partial charge in [-0.15, -0.1) is 0 Å². The second-order valence-electron chi connectivity index (χ2n) is 3.30. The van der Waals surface area contributed by atoms with Crippen LogP contribution in [0.5, 0.6) is 0 Å². The molecule has 0 radical (unpaired) electrons. The lowest BCUT2D eigenvalue weighted by Gasteiger charge is -2.07. The highest BCUT2D eigenvalue weighted by atomic mass is 16.5. The molecule has 1 saturated carbocycles. The summed E-state index contributed by atoms with van der Waals surface area (Å²) in [5.41, 5.74) is -0.782. The Morgan fingerprint density at radius 1 is 1.83 bits per heavy atom. The van der Waals surface area contributed by atoms with Gasteiger partial charge in [0.15, 0.2) is 5.41 Å². The first kappa shape index (κ1) is 7.58. The number of amides is 1. The van der Waals surface area contributed by atoms with Crippen molar-refractivity contribution in [2.24, 2.45) is 11.3 Å². The van der Waals surface area contributed by atoms with Gasteiger partial charge < -0.3 is 10.1 Å². The fourth-order valence-corrected chi connectivity index (χ4v) is 1.83. The number of fused-ring (bicyclic) bond motifs is 1. The third kappa shape index (κ3) is 0.722. The summed E-state index contributed by atoms with van der Waals surface area (Å²) in [4.78, 5) is 22.6. The van der Waals surface area contributed by atoms with Crippen molar-refractivity contribution in [3.05, 3.63) is 0 Å². The van der Waals surface area contributed by atoms with E-state index in [1.165, 1.54) is 0 Å². The van der Waals surface area contributed by atoms with Gasteiger partial charge in [-0.25, -0.2) is 0 Å². The molecule has 1 heterocycles. The van der Waals surface area contributed by atoms with Crippen molar-refractivity contribution in [3.63, 3.8) is 0 Å². The maximum Gasteiger partial charge on any atom is 0.322 e. The van der Waals surface area contributed by atoms with Gasteiger partial charge in [0.2, 0.25) is 5.91 Å². The number of hydrogen-bond acceptors (Lipinski definition) is 3. The zero-order valence-corrected chi connectivity index (χ0v) is 6.92. The van der Waals surface area contributed by atoms with Crippen LogP contribution in [-0.2, 0) is 14.3 Å². The number of carbonyl (C=O) groups excluding carboxylic acids is 2. The highest BCUT2D eigenvalue weighted by Gasteiger charge is 2.70. The van der Waals surface area contributed by atoms with Gasteiger partial charge in [-0.1, -0.05) is 0 Å². The molecule has 1 amide bonds. The molecule has 1 saturated heterocycles. The third-order valence-electron chi connectivity index (χ3n) is 2.66. The second kappa shape index (κ2) is 2.21. The highest BCUT2D eigenvalue weighted by Crippen LogP contribution is 2.56. The molecule has 4 heteroatoms. The number of esters is 1. The van der Waals surface area contributed by atoms with Gasteiger partial charge in [0, 0.05) is 12.5 Å². The standard InChI is InChI=1S/C8H11NO3/c1-2-12-7(11)8-3-5(8)4-9-6(8)10/h5H,2-4H2,1H3,(H,9,10)/t5-,8+/m0/s1. The van der Waals surface area contributed by atoms with E-state index >= 15 is 0 Å². The fourth-order valence-electron chi connectivity index (χ4n) is 1.83. The molecule has 1 aliphatic heterocycles. The molecule has 0 unspecified atom stereocenters. The maximum absolute atomic E-state index is 11.3. The van der Waals surface area contributed by atoms with Crippen LogP contribution in [0.4, 0.5) is 0 Å². The van der Waals surface area contributed by atoms with E-state index in [4.69, 9.17) is 4.74 Å². The highest BCUT2D eigenvalue weighted by molar-refractivity contribution is 6.08. The van der Waals surface area contributed by atoms with Crippen molar-refractivity contribution in [1.82, 2.24) is 5.32 Å². The van der Waals surface area contributed by atoms with E-state index in [-0.39, 0.29) is 17.8 Å². The Labute approximate surface area is 70.3 Å². The largest absolute Gasteiger partial charge is 0.465 e. The number of rotatable bonds is 2. The van der Waals surface area contributed by atoms with E-state index < -0.39 is 5.41 Å². The zero-order chi connectivity index (χ0) is 8.77. The van der Waals surface area contributed by atoms with Crippen LogP contribution in [0.2, 0.25) is 0 Å². The van der Waals surface area contributed by atoms with Gasteiger partial charge in [-0.2, -0.15) is 0 Å². The number of nitrogens with one attached hydrogen (secondary N) is 1. The Morgan fingerprint density at radius 3 is 3.00 bits per heavy atom. The lowest BCUT2D eigenvalue weighted by Crippen LogP contribution is -2.32. The lowest BCUT2D eigenvalue weighted by atomic mass is 10.1. The number of hydrogen-bond donors (Lipinski definition) is 1. The molecule has 2 atom stereocenters. The van der Waals surface area contributed by atoms with Crippen molar-refractivity contribution in [2.75, 3.05) is 13.2 Å². The first-order chi connectivity index (χ1) is 5.71. The Bertz CT molecular complexity index is 251. The smallest absolute Gasteiger partial charge is 0.322 e. The molecule has 0 aromatic heterocycles. The van der Waals surface area contributed by atoms with E-state index in [0.717, 1.165) is 0 Å². The molecule has 2 rings (SSSR count). The molecule has 2 aliphatic rings. The van der Waals surface area contributed by atoms with E-state index in [2.05, 4.69) is 5.32 Å². The van der Waals surface area contributed by atoms with Gasteiger partial charge >= 0.3 is 5.97 Å². The molecule has 2 fully saturated rings. The second-order valence-corrected chi connectivity index (χ2v) is 3.30. The van der Waals surface area contributed by atoms with Crippen LogP contribution in [-0.4, -0.2) is 25.0 Å². The molecule has 4 nitrogen and oxygen atoms in total. The zero-order valence-electron chi connectivity index (χ0n) is 6.92. The summed E-state index contributed by atoms with van der Waals surface area (Å²) in [6, 6.07) is 0. The van der Waals surface area contributed by atoms with Crippen LogP contribution in [0.25, 0.3) is 0 Å². The van der Waals surface area contributed by atoms with Gasteiger partial charge in [-0.3, -0.25) is 9.59 Å². The molecule has 0 aromatic carbocycles. The first-order valence-electron chi connectivity index (χ1n) is 4.17. The van der Waals surface area contributed by atoms with E-state index in [1.54, 1.807) is 6.92 Å². The summed E-state index contributed by atoms with van der Waals surface area (Å²) in [5, 5.41) is 2.66. The van der Waals surface area contributed by atoms with Crippen molar-refractivity contribution in [2.45, 2.75) is 13.3 Å². The van der Waals surface area contributed by atoms with Crippen molar-refractivity contribution in [1.29, 1.82) is 0 Å². The summed E-state index contributed by atoms with van der Waals surface area (Å²) in [6.07, 6.45) is 0.678. The minimum absolute atomic E-state index is 0.147. The molecule has 66 valence electrons. The van der Waals surface area contributed by atoms with Gasteiger partial charge in [0.05, 0.1) is 6.61 Å². The van der Waals surface area contributed by atoms with Crippen molar-refractivity contribution < 1.29 is 14.3 Å². The average molecular weight is 169 g/mol. The summed E-state index contributed by atoms with van der Waals surface area (Å²) in [5.74, 6) is -0.292. The van der Waals surface area contributed by atoms with E-state index in [0.29, 0.717) is 19.6 Å². The monoisotopic (exact) mass is 169 g/mol. The molecule has 1 aliphatic carbocycles. The quantitative estimate of drug-likeness (QED) is 0.455. The van der Waals surface area contributed by atoms with Gasteiger partial charge in [0.25, 0.3) is 0 Å². The number of ether oxygens (including phenoxy) is 1. The summed E-state index contributed by atoms with van der Waals surface area (Å²) >= 11 is 0.